The summed E-state index contributed by atoms with van der Waals surface area (Å²) >= 11 is 0. The Kier molecular flexibility index (Phi) is 3.87. The van der Waals surface area contributed by atoms with Gasteiger partial charge < -0.3 is 5.32 Å². The highest BCUT2D eigenvalue weighted by molar-refractivity contribution is 5.19. The van der Waals surface area contributed by atoms with Gasteiger partial charge in [0, 0.05) is 30.9 Å². The van der Waals surface area contributed by atoms with Crippen LogP contribution in [0.3, 0.4) is 0 Å². The van der Waals surface area contributed by atoms with E-state index in [0.717, 1.165) is 11.6 Å². The zero-order valence-electron chi connectivity index (χ0n) is 11.5. The van der Waals surface area contributed by atoms with Gasteiger partial charge in [-0.05, 0) is 32.6 Å². The minimum atomic E-state index is 0.416. The summed E-state index contributed by atoms with van der Waals surface area (Å²) in [5.74, 6) is 0.878. The third kappa shape index (κ3) is 3.09. The molecular weight excluding hydrogens is 210 g/mol. The highest BCUT2D eigenvalue weighted by Gasteiger charge is 2.21. The van der Waals surface area contributed by atoms with Crippen LogP contribution in [0.2, 0.25) is 0 Å². The Morgan fingerprint density at radius 2 is 2.24 bits per heavy atom. The first kappa shape index (κ1) is 12.6. The molecule has 96 valence electrons. The summed E-state index contributed by atoms with van der Waals surface area (Å²) in [6, 6.07) is 1.10. The number of hydrogen-bond donors (Lipinski definition) is 1. The smallest absolute Gasteiger partial charge is 0.0641 e. The highest BCUT2D eigenvalue weighted by atomic mass is 15.3. The van der Waals surface area contributed by atoms with Crippen LogP contribution < -0.4 is 5.32 Å². The molecule has 0 radical (unpaired) electrons. The van der Waals surface area contributed by atoms with Crippen molar-refractivity contribution >= 4 is 0 Å². The van der Waals surface area contributed by atoms with Gasteiger partial charge in [-0.15, -0.1) is 0 Å². The Hall–Kier alpha value is -0.830. The zero-order chi connectivity index (χ0) is 12.4. The van der Waals surface area contributed by atoms with Gasteiger partial charge in [0.05, 0.1) is 5.69 Å². The fourth-order valence-corrected chi connectivity index (χ4v) is 3.07. The second-order valence-electron chi connectivity index (χ2n) is 5.70. The number of hydrogen-bond acceptors (Lipinski definition) is 2. The average Bonchev–Trinajstić information content (AvgIpc) is 2.58. The largest absolute Gasteiger partial charge is 0.307 e. The Morgan fingerprint density at radius 3 is 2.82 bits per heavy atom. The van der Waals surface area contributed by atoms with Crippen LogP contribution in [0.15, 0.2) is 6.20 Å². The predicted octanol–water partition coefficient (Wildman–Crippen LogP) is 2.96. The molecule has 1 N–H and O–H groups in total. The van der Waals surface area contributed by atoms with E-state index in [1.54, 1.807) is 0 Å². The normalized spacial score (nSPS) is 27.1. The maximum atomic E-state index is 4.42. The van der Waals surface area contributed by atoms with Crippen LogP contribution in [0.1, 0.15) is 56.8 Å². The van der Waals surface area contributed by atoms with Crippen molar-refractivity contribution in [2.24, 2.45) is 13.0 Å². The van der Waals surface area contributed by atoms with Crippen molar-refractivity contribution in [1.82, 2.24) is 15.1 Å². The van der Waals surface area contributed by atoms with Gasteiger partial charge in [-0.25, -0.2) is 0 Å². The first-order chi connectivity index (χ1) is 8.06. The lowest BCUT2D eigenvalue weighted by Gasteiger charge is -2.30. The monoisotopic (exact) mass is 235 g/mol. The molecule has 0 bridgehead atoms. The number of aryl methyl sites for hydroxylation is 2. The quantitative estimate of drug-likeness (QED) is 0.873. The van der Waals surface area contributed by atoms with E-state index in [0.29, 0.717) is 12.1 Å². The van der Waals surface area contributed by atoms with Crippen LogP contribution in [0, 0.1) is 12.8 Å². The minimum Gasteiger partial charge on any atom is -0.307 e. The molecule has 17 heavy (non-hydrogen) atoms. The van der Waals surface area contributed by atoms with Crippen molar-refractivity contribution < 1.29 is 0 Å². The summed E-state index contributed by atoms with van der Waals surface area (Å²) in [4.78, 5) is 0. The van der Waals surface area contributed by atoms with Gasteiger partial charge in [0.2, 0.25) is 0 Å². The zero-order valence-corrected chi connectivity index (χ0v) is 11.5. The molecule has 3 unspecified atom stereocenters. The van der Waals surface area contributed by atoms with Crippen molar-refractivity contribution in [1.29, 1.82) is 0 Å². The first-order valence-corrected chi connectivity index (χ1v) is 6.82. The molecule has 1 fully saturated rings. The van der Waals surface area contributed by atoms with Gasteiger partial charge in [-0.1, -0.05) is 19.8 Å². The van der Waals surface area contributed by atoms with Crippen LogP contribution in [0.5, 0.6) is 0 Å². The number of nitrogens with zero attached hydrogens (tertiary/aromatic N) is 2. The Balaban J connectivity index is 1.96. The minimum absolute atomic E-state index is 0.416. The molecule has 1 aromatic rings. The van der Waals surface area contributed by atoms with E-state index in [1.165, 1.54) is 31.2 Å². The van der Waals surface area contributed by atoms with Gasteiger partial charge in [0.25, 0.3) is 0 Å². The lowest BCUT2D eigenvalue weighted by Crippen LogP contribution is -2.35. The van der Waals surface area contributed by atoms with Gasteiger partial charge in [0.1, 0.15) is 0 Å². The van der Waals surface area contributed by atoms with Crippen LogP contribution in [-0.4, -0.2) is 15.8 Å². The molecular formula is C14H25N3. The lowest BCUT2D eigenvalue weighted by atomic mass is 9.86. The van der Waals surface area contributed by atoms with Gasteiger partial charge in [-0.3, -0.25) is 4.68 Å². The summed E-state index contributed by atoms with van der Waals surface area (Å²) in [7, 11) is 1.99. The molecule has 0 aliphatic heterocycles. The molecule has 1 aromatic heterocycles. The summed E-state index contributed by atoms with van der Waals surface area (Å²) in [5.41, 5.74) is 2.49. The van der Waals surface area contributed by atoms with Gasteiger partial charge in [0.15, 0.2) is 0 Å². The maximum absolute atomic E-state index is 4.42. The number of aromatic nitrogens is 2. The fraction of sp³-hybridized carbons (Fsp3) is 0.786. The second-order valence-corrected chi connectivity index (χ2v) is 5.70. The van der Waals surface area contributed by atoms with Crippen molar-refractivity contribution in [3.05, 3.63) is 17.5 Å². The van der Waals surface area contributed by atoms with E-state index in [9.17, 15) is 0 Å². The Bertz CT molecular complexity index is 370. The molecule has 3 atom stereocenters. The van der Waals surface area contributed by atoms with Crippen molar-refractivity contribution in [2.45, 2.75) is 58.5 Å². The van der Waals surface area contributed by atoms with E-state index in [1.807, 2.05) is 11.7 Å². The Morgan fingerprint density at radius 1 is 1.47 bits per heavy atom. The SMILES string of the molecule is Cc1nn(C)cc1C(C)NC1CCCC(C)C1. The van der Waals surface area contributed by atoms with Crippen molar-refractivity contribution in [3.8, 4) is 0 Å². The molecule has 1 heterocycles. The lowest BCUT2D eigenvalue weighted by molar-refractivity contribution is 0.285. The summed E-state index contributed by atoms with van der Waals surface area (Å²) < 4.78 is 1.91. The van der Waals surface area contributed by atoms with Crippen LogP contribution in [0.4, 0.5) is 0 Å². The average molecular weight is 235 g/mol. The molecule has 0 spiro atoms. The molecule has 3 nitrogen and oxygen atoms in total. The maximum Gasteiger partial charge on any atom is 0.0641 e. The topological polar surface area (TPSA) is 29.9 Å². The summed E-state index contributed by atoms with van der Waals surface area (Å²) in [5, 5.41) is 8.18. The molecule has 0 aromatic carbocycles. The molecule has 1 saturated carbocycles. The van der Waals surface area contributed by atoms with Crippen LogP contribution in [0.25, 0.3) is 0 Å². The van der Waals surface area contributed by atoms with Crippen LogP contribution in [-0.2, 0) is 7.05 Å². The Labute approximate surface area is 105 Å². The first-order valence-electron chi connectivity index (χ1n) is 6.82. The van der Waals surface area contributed by atoms with E-state index in [2.05, 4.69) is 37.4 Å². The molecule has 0 amide bonds. The molecule has 2 rings (SSSR count). The van der Waals surface area contributed by atoms with Gasteiger partial charge >= 0.3 is 0 Å². The number of rotatable bonds is 3. The molecule has 1 aliphatic carbocycles. The molecule has 0 saturated heterocycles. The standard InChI is InChI=1S/C14H25N3/c1-10-6-5-7-13(8-10)15-11(2)14-9-17(4)16-12(14)3/h9-11,13,15H,5-8H2,1-4H3. The molecule has 3 heteroatoms. The van der Waals surface area contributed by atoms with Gasteiger partial charge in [-0.2, -0.15) is 5.10 Å². The van der Waals surface area contributed by atoms with Crippen molar-refractivity contribution in [3.63, 3.8) is 0 Å². The fourth-order valence-electron chi connectivity index (χ4n) is 3.07. The van der Waals surface area contributed by atoms with E-state index >= 15 is 0 Å². The summed E-state index contributed by atoms with van der Waals surface area (Å²) in [6.45, 7) is 6.72. The van der Waals surface area contributed by atoms with E-state index in [-0.39, 0.29) is 0 Å². The molecule has 1 aliphatic rings. The third-order valence-electron chi connectivity index (χ3n) is 3.94. The predicted molar refractivity (Wildman–Crippen MR) is 70.9 cm³/mol. The van der Waals surface area contributed by atoms with E-state index in [4.69, 9.17) is 0 Å². The highest BCUT2D eigenvalue weighted by Crippen LogP contribution is 2.26. The van der Waals surface area contributed by atoms with E-state index < -0.39 is 0 Å². The second kappa shape index (κ2) is 5.21. The van der Waals surface area contributed by atoms with Crippen molar-refractivity contribution in [2.75, 3.05) is 0 Å². The summed E-state index contributed by atoms with van der Waals surface area (Å²) in [6.07, 6.45) is 7.56. The number of nitrogens with one attached hydrogen (secondary N) is 1. The van der Waals surface area contributed by atoms with Crippen LogP contribution >= 0.6 is 0 Å². The third-order valence-corrected chi connectivity index (χ3v) is 3.94.